The van der Waals surface area contributed by atoms with E-state index in [0.717, 1.165) is 32.0 Å². The minimum absolute atomic E-state index is 0.0113. The summed E-state index contributed by atoms with van der Waals surface area (Å²) >= 11 is 1.33. The molecule has 0 spiro atoms. The van der Waals surface area contributed by atoms with Gasteiger partial charge in [0.25, 0.3) is 0 Å². The number of halogens is 2. The molecule has 0 amide bonds. The Morgan fingerprint density at radius 3 is 2.62 bits per heavy atom. The van der Waals surface area contributed by atoms with Crippen molar-refractivity contribution >= 4 is 16.3 Å². The van der Waals surface area contributed by atoms with Crippen LogP contribution in [0, 0.1) is 18.6 Å². The van der Waals surface area contributed by atoms with Crippen LogP contribution >= 0.6 is 11.3 Å². The van der Waals surface area contributed by atoms with Gasteiger partial charge in [0.2, 0.25) is 10.8 Å². The second kappa shape index (κ2) is 5.78. The third kappa shape index (κ3) is 2.46. The van der Waals surface area contributed by atoms with Crippen LogP contribution in [0.4, 0.5) is 8.78 Å². The van der Waals surface area contributed by atoms with Crippen LogP contribution in [0.3, 0.4) is 0 Å². The zero-order chi connectivity index (χ0) is 16.8. The molecule has 24 heavy (non-hydrogen) atoms. The minimum atomic E-state index is -0.883. The van der Waals surface area contributed by atoms with E-state index >= 15 is 0 Å². The summed E-state index contributed by atoms with van der Waals surface area (Å²) in [5.41, 5.74) is 0.618. The molecule has 1 N–H and O–H groups in total. The number of benzene rings is 1. The maximum atomic E-state index is 13.8. The predicted octanol–water partition coefficient (Wildman–Crippen LogP) is 3.27. The zero-order valence-electron chi connectivity index (χ0n) is 13.0. The van der Waals surface area contributed by atoms with Gasteiger partial charge in [0, 0.05) is 0 Å². The first-order valence-electron chi connectivity index (χ1n) is 7.78. The third-order valence-electron chi connectivity index (χ3n) is 4.32. The summed E-state index contributed by atoms with van der Waals surface area (Å²) in [6.45, 7) is 3.44. The highest BCUT2D eigenvalue weighted by atomic mass is 32.1. The molecule has 5 nitrogen and oxygen atoms in total. The summed E-state index contributed by atoms with van der Waals surface area (Å²) in [5, 5.41) is 14.8. The van der Waals surface area contributed by atoms with E-state index in [1.165, 1.54) is 21.9 Å². The van der Waals surface area contributed by atoms with Gasteiger partial charge in [-0.3, -0.25) is 4.90 Å². The van der Waals surface area contributed by atoms with E-state index in [-0.39, 0.29) is 11.9 Å². The minimum Gasteiger partial charge on any atom is -0.492 e. The van der Waals surface area contributed by atoms with Crippen LogP contribution in [-0.4, -0.2) is 37.7 Å². The van der Waals surface area contributed by atoms with Gasteiger partial charge < -0.3 is 5.11 Å². The van der Waals surface area contributed by atoms with Crippen molar-refractivity contribution in [2.75, 3.05) is 13.1 Å². The SMILES string of the molecule is Cc1nc2sc([C@@H](c3ccc(F)c(F)c3)N3CCCC3)c(O)n2n1. The average molecular weight is 350 g/mol. The fourth-order valence-electron chi connectivity index (χ4n) is 3.24. The number of thiazole rings is 1. The highest BCUT2D eigenvalue weighted by Gasteiger charge is 2.31. The Hall–Kier alpha value is -2.06. The first-order valence-corrected chi connectivity index (χ1v) is 8.60. The van der Waals surface area contributed by atoms with Gasteiger partial charge in [-0.05, 0) is 50.6 Å². The molecule has 1 saturated heterocycles. The van der Waals surface area contributed by atoms with Crippen molar-refractivity contribution < 1.29 is 13.9 Å². The lowest BCUT2D eigenvalue weighted by Gasteiger charge is -2.27. The molecular formula is C16H16F2N4OS. The molecule has 1 atom stereocenters. The van der Waals surface area contributed by atoms with Gasteiger partial charge in [0.1, 0.15) is 5.82 Å². The van der Waals surface area contributed by atoms with Gasteiger partial charge in [-0.1, -0.05) is 17.4 Å². The van der Waals surface area contributed by atoms with Gasteiger partial charge in [0.05, 0.1) is 10.9 Å². The van der Waals surface area contributed by atoms with E-state index in [2.05, 4.69) is 15.0 Å². The number of aromatic hydroxyl groups is 1. The van der Waals surface area contributed by atoms with E-state index < -0.39 is 11.6 Å². The topological polar surface area (TPSA) is 53.7 Å². The summed E-state index contributed by atoms with van der Waals surface area (Å²) in [6.07, 6.45) is 2.08. The number of hydrogen-bond acceptors (Lipinski definition) is 5. The first-order chi connectivity index (χ1) is 11.5. The van der Waals surface area contributed by atoms with Crippen LogP contribution in [0.25, 0.3) is 4.96 Å². The fraction of sp³-hybridized carbons (Fsp3) is 0.375. The summed E-state index contributed by atoms with van der Waals surface area (Å²) in [4.78, 5) is 7.70. The normalized spacial score (nSPS) is 17.0. The largest absolute Gasteiger partial charge is 0.492 e. The van der Waals surface area contributed by atoms with Gasteiger partial charge in [-0.2, -0.15) is 4.52 Å². The third-order valence-corrected chi connectivity index (χ3v) is 5.39. The smallest absolute Gasteiger partial charge is 0.230 e. The molecule has 0 radical (unpaired) electrons. The summed E-state index contributed by atoms with van der Waals surface area (Å²) < 4.78 is 28.5. The molecule has 0 saturated carbocycles. The van der Waals surface area contributed by atoms with Gasteiger partial charge in [-0.25, -0.2) is 13.8 Å². The summed E-state index contributed by atoms with van der Waals surface area (Å²) in [5.74, 6) is -1.17. The van der Waals surface area contributed by atoms with Crippen molar-refractivity contribution in [1.29, 1.82) is 0 Å². The zero-order valence-corrected chi connectivity index (χ0v) is 13.9. The lowest BCUT2D eigenvalue weighted by Crippen LogP contribution is -2.26. The second-order valence-electron chi connectivity index (χ2n) is 5.96. The number of hydrogen-bond donors (Lipinski definition) is 1. The molecule has 8 heteroatoms. The molecule has 1 fully saturated rings. The number of nitrogens with zero attached hydrogens (tertiary/aromatic N) is 4. The van der Waals surface area contributed by atoms with Crippen molar-refractivity contribution in [3.05, 3.63) is 46.1 Å². The lowest BCUT2D eigenvalue weighted by atomic mass is 10.0. The molecule has 0 unspecified atom stereocenters. The van der Waals surface area contributed by atoms with E-state index in [1.807, 2.05) is 0 Å². The molecule has 4 rings (SSSR count). The second-order valence-corrected chi connectivity index (χ2v) is 6.97. The van der Waals surface area contributed by atoms with Crippen molar-refractivity contribution in [2.24, 2.45) is 0 Å². The fourth-order valence-corrected chi connectivity index (χ4v) is 4.40. The predicted molar refractivity (Wildman–Crippen MR) is 86.3 cm³/mol. The van der Waals surface area contributed by atoms with Crippen LogP contribution in [0.15, 0.2) is 18.2 Å². The molecule has 1 aliphatic heterocycles. The molecule has 3 aromatic rings. The van der Waals surface area contributed by atoms with E-state index in [0.29, 0.717) is 21.2 Å². The Labute approximate surface area is 141 Å². The van der Waals surface area contributed by atoms with E-state index in [1.54, 1.807) is 13.0 Å². The first kappa shape index (κ1) is 15.5. The van der Waals surface area contributed by atoms with Crippen molar-refractivity contribution in [3.8, 4) is 5.88 Å². The molecular weight excluding hydrogens is 334 g/mol. The summed E-state index contributed by atoms with van der Waals surface area (Å²) in [7, 11) is 0. The highest BCUT2D eigenvalue weighted by molar-refractivity contribution is 7.17. The number of likely N-dealkylation sites (tertiary alicyclic amines) is 1. The number of rotatable bonds is 3. The Morgan fingerprint density at radius 2 is 1.96 bits per heavy atom. The monoisotopic (exact) mass is 350 g/mol. The van der Waals surface area contributed by atoms with E-state index in [9.17, 15) is 13.9 Å². The lowest BCUT2D eigenvalue weighted by molar-refractivity contribution is 0.276. The molecule has 2 aromatic heterocycles. The highest BCUT2D eigenvalue weighted by Crippen LogP contribution is 2.41. The van der Waals surface area contributed by atoms with Crippen molar-refractivity contribution in [1.82, 2.24) is 19.5 Å². The van der Waals surface area contributed by atoms with Crippen LogP contribution in [0.5, 0.6) is 5.88 Å². The van der Waals surface area contributed by atoms with Gasteiger partial charge in [-0.15, -0.1) is 5.10 Å². The molecule has 1 aromatic carbocycles. The standard InChI is InChI=1S/C16H16F2N4OS/c1-9-19-16-22(20-9)15(23)14(24-16)13(21-6-2-3-7-21)10-4-5-11(17)12(18)8-10/h4-5,8,13,23H,2-3,6-7H2,1H3/t13-/m1/s1. The quantitative estimate of drug-likeness (QED) is 0.788. The summed E-state index contributed by atoms with van der Waals surface area (Å²) in [6, 6.07) is 3.57. The van der Waals surface area contributed by atoms with Crippen molar-refractivity contribution in [2.45, 2.75) is 25.8 Å². The Morgan fingerprint density at radius 1 is 1.21 bits per heavy atom. The maximum Gasteiger partial charge on any atom is 0.230 e. The number of aromatic nitrogens is 3. The van der Waals surface area contributed by atoms with Crippen LogP contribution < -0.4 is 0 Å². The molecule has 126 valence electrons. The van der Waals surface area contributed by atoms with E-state index in [4.69, 9.17) is 0 Å². The maximum absolute atomic E-state index is 13.8. The van der Waals surface area contributed by atoms with Gasteiger partial charge >= 0.3 is 0 Å². The molecule has 0 aliphatic carbocycles. The van der Waals surface area contributed by atoms with Gasteiger partial charge in [0.15, 0.2) is 11.6 Å². The Kier molecular flexibility index (Phi) is 3.73. The molecule has 3 heterocycles. The average Bonchev–Trinajstić information content (AvgIpc) is 3.24. The molecule has 0 bridgehead atoms. The number of aryl methyl sites for hydroxylation is 1. The van der Waals surface area contributed by atoms with Crippen molar-refractivity contribution in [3.63, 3.8) is 0 Å². The Balaban J connectivity index is 1.86. The van der Waals surface area contributed by atoms with Crippen LogP contribution in [0.1, 0.15) is 35.1 Å². The number of fused-ring (bicyclic) bond motifs is 1. The van der Waals surface area contributed by atoms with Crippen LogP contribution in [-0.2, 0) is 0 Å². The van der Waals surface area contributed by atoms with Crippen LogP contribution in [0.2, 0.25) is 0 Å². The molecule has 1 aliphatic rings. The Bertz CT molecular complexity index is 901.